The molecule has 5 aromatic rings. The number of pyridine rings is 3. The molecule has 0 bridgehead atoms. The fraction of sp³-hybridized carbons (Fsp3) is 0.357. The van der Waals surface area contributed by atoms with Crippen molar-refractivity contribution in [3.05, 3.63) is 42.7 Å². The maximum absolute atomic E-state index is 16.1. The summed E-state index contributed by atoms with van der Waals surface area (Å²) in [6, 6.07) is 3.64. The van der Waals surface area contributed by atoms with Gasteiger partial charge in [-0.3, -0.25) is 19.9 Å². The number of carbonyl (C=O) groups excluding carboxylic acids is 1. The largest absolute Gasteiger partial charge is 0.370 e. The summed E-state index contributed by atoms with van der Waals surface area (Å²) in [5, 5.41) is 10.4. The Kier molecular flexibility index (Phi) is 6.20. The third kappa shape index (κ3) is 4.91. The summed E-state index contributed by atoms with van der Waals surface area (Å²) in [4.78, 5) is 35.8. The van der Waals surface area contributed by atoms with Crippen LogP contribution < -0.4 is 10.2 Å². The molecule has 1 aliphatic rings. The number of hydrogen-bond acceptors (Lipinski definition) is 7. The Labute approximate surface area is 224 Å². The highest BCUT2D eigenvalue weighted by Crippen LogP contribution is 2.34. The van der Waals surface area contributed by atoms with E-state index >= 15 is 4.39 Å². The van der Waals surface area contributed by atoms with Crippen molar-refractivity contribution in [2.45, 2.75) is 46.5 Å². The molecule has 1 aliphatic heterocycles. The summed E-state index contributed by atoms with van der Waals surface area (Å²) in [5.41, 5.74) is 4.03. The number of nitrogens with zero attached hydrogens (tertiary/aromatic N) is 6. The van der Waals surface area contributed by atoms with Gasteiger partial charge in [0.1, 0.15) is 16.9 Å². The van der Waals surface area contributed by atoms with Crippen LogP contribution in [0.15, 0.2) is 36.9 Å². The fourth-order valence-corrected chi connectivity index (χ4v) is 5.07. The quantitative estimate of drug-likeness (QED) is 0.277. The zero-order chi connectivity index (χ0) is 27.1. The van der Waals surface area contributed by atoms with Gasteiger partial charge in [-0.05, 0) is 36.8 Å². The lowest BCUT2D eigenvalue weighted by molar-refractivity contribution is -0.117. The van der Waals surface area contributed by atoms with Crippen molar-refractivity contribution in [3.63, 3.8) is 0 Å². The lowest BCUT2D eigenvalue weighted by Gasteiger charge is -2.28. The number of imidazole rings is 1. The summed E-state index contributed by atoms with van der Waals surface area (Å²) < 4.78 is 16.1. The maximum atomic E-state index is 16.1. The number of carbonyl (C=O) groups is 1. The van der Waals surface area contributed by atoms with Crippen molar-refractivity contribution in [3.8, 4) is 22.8 Å². The van der Waals surface area contributed by atoms with E-state index in [4.69, 9.17) is 4.98 Å². The Morgan fingerprint density at radius 2 is 1.92 bits per heavy atom. The molecule has 200 valence electrons. The van der Waals surface area contributed by atoms with Crippen molar-refractivity contribution < 1.29 is 9.18 Å². The SMILES string of the molecule is CC(C)(C)CC(=O)Nc1cncc(-c2ncc3[nH]nc(-c4nc5c(N6CCCCC6)ccnc5[nH]4)c3c2F)c1. The maximum Gasteiger partial charge on any atom is 0.224 e. The molecule has 1 amide bonds. The predicted molar refractivity (Wildman–Crippen MR) is 149 cm³/mol. The standard InChI is InChI=1S/C28H30FN9O/c1-28(2,3)12-20(39)33-17-11-16(13-30-14-17)23-22(29)21-18(15-32-23)36-37-25(21)27-34-24-19(7-8-31-26(24)35-27)38-9-5-4-6-10-38/h7-8,11,13-15H,4-6,9-10,12H2,1-3H3,(H,33,39)(H,36,37)(H,31,34,35). The normalized spacial score (nSPS) is 14.3. The van der Waals surface area contributed by atoms with Crippen LogP contribution >= 0.6 is 0 Å². The fourth-order valence-electron chi connectivity index (χ4n) is 5.07. The molecule has 6 rings (SSSR count). The number of piperidine rings is 1. The number of rotatable bonds is 5. The molecule has 0 saturated carbocycles. The predicted octanol–water partition coefficient (Wildman–Crippen LogP) is 5.46. The average molecular weight is 528 g/mol. The Bertz CT molecular complexity index is 1680. The second-order valence-electron chi connectivity index (χ2n) is 11.2. The Hall–Kier alpha value is -4.41. The first-order chi connectivity index (χ1) is 18.8. The van der Waals surface area contributed by atoms with Gasteiger partial charge in [-0.1, -0.05) is 20.8 Å². The molecule has 11 heteroatoms. The first-order valence-corrected chi connectivity index (χ1v) is 13.1. The van der Waals surface area contributed by atoms with Crippen LogP contribution in [-0.2, 0) is 4.79 Å². The molecule has 1 fully saturated rings. The molecule has 0 radical (unpaired) electrons. The minimum atomic E-state index is -0.555. The van der Waals surface area contributed by atoms with Gasteiger partial charge >= 0.3 is 0 Å². The molecule has 39 heavy (non-hydrogen) atoms. The summed E-state index contributed by atoms with van der Waals surface area (Å²) in [6.45, 7) is 7.92. The first-order valence-electron chi connectivity index (χ1n) is 13.1. The summed E-state index contributed by atoms with van der Waals surface area (Å²) in [6.07, 6.45) is 10.2. The van der Waals surface area contributed by atoms with Gasteiger partial charge in [0.2, 0.25) is 5.91 Å². The van der Waals surface area contributed by atoms with Crippen molar-refractivity contribution >= 4 is 39.3 Å². The molecular formula is C28H30FN9O. The number of aromatic nitrogens is 7. The van der Waals surface area contributed by atoms with Gasteiger partial charge in [0, 0.05) is 37.5 Å². The van der Waals surface area contributed by atoms with Crippen molar-refractivity contribution in [1.82, 2.24) is 35.1 Å². The van der Waals surface area contributed by atoms with E-state index in [1.807, 2.05) is 26.8 Å². The van der Waals surface area contributed by atoms with E-state index in [9.17, 15) is 4.79 Å². The number of aromatic amines is 2. The minimum Gasteiger partial charge on any atom is -0.370 e. The van der Waals surface area contributed by atoms with Gasteiger partial charge in [-0.15, -0.1) is 0 Å². The molecule has 6 heterocycles. The topological polar surface area (TPSA) is 128 Å². The van der Waals surface area contributed by atoms with Gasteiger partial charge < -0.3 is 15.2 Å². The highest BCUT2D eigenvalue weighted by atomic mass is 19.1. The van der Waals surface area contributed by atoms with Crippen molar-refractivity contribution in [2.75, 3.05) is 23.3 Å². The number of amides is 1. The Morgan fingerprint density at radius 3 is 2.72 bits per heavy atom. The molecule has 5 aromatic heterocycles. The van der Waals surface area contributed by atoms with Crippen LogP contribution in [0.3, 0.4) is 0 Å². The third-order valence-electron chi connectivity index (χ3n) is 6.82. The Morgan fingerprint density at radius 1 is 1.10 bits per heavy atom. The first kappa shape index (κ1) is 24.9. The molecule has 3 N–H and O–H groups in total. The van der Waals surface area contributed by atoms with Crippen LogP contribution in [0.5, 0.6) is 0 Å². The Balaban J connectivity index is 1.37. The van der Waals surface area contributed by atoms with E-state index in [2.05, 4.69) is 40.3 Å². The number of anilines is 2. The van der Waals surface area contributed by atoms with E-state index in [1.165, 1.54) is 25.0 Å². The van der Waals surface area contributed by atoms with Crippen LogP contribution in [0.1, 0.15) is 46.5 Å². The van der Waals surface area contributed by atoms with Gasteiger partial charge in [0.15, 0.2) is 17.3 Å². The van der Waals surface area contributed by atoms with Crippen LogP contribution in [0.4, 0.5) is 15.8 Å². The van der Waals surface area contributed by atoms with Crippen molar-refractivity contribution in [1.29, 1.82) is 0 Å². The van der Waals surface area contributed by atoms with Gasteiger partial charge in [0.05, 0.1) is 34.7 Å². The highest BCUT2D eigenvalue weighted by molar-refractivity contribution is 5.97. The molecule has 1 saturated heterocycles. The molecule has 10 nitrogen and oxygen atoms in total. The summed E-state index contributed by atoms with van der Waals surface area (Å²) >= 11 is 0. The molecule has 0 spiro atoms. The van der Waals surface area contributed by atoms with E-state index in [0.717, 1.165) is 37.1 Å². The van der Waals surface area contributed by atoms with E-state index in [0.29, 0.717) is 40.4 Å². The molecule has 0 unspecified atom stereocenters. The van der Waals surface area contributed by atoms with Crippen LogP contribution in [0.25, 0.3) is 44.8 Å². The van der Waals surface area contributed by atoms with Gasteiger partial charge in [0.25, 0.3) is 0 Å². The zero-order valence-corrected chi connectivity index (χ0v) is 22.2. The number of fused-ring (bicyclic) bond motifs is 2. The van der Waals surface area contributed by atoms with Crippen LogP contribution in [0.2, 0.25) is 0 Å². The lowest BCUT2D eigenvalue weighted by atomic mass is 9.92. The monoisotopic (exact) mass is 527 g/mol. The van der Waals surface area contributed by atoms with Crippen molar-refractivity contribution in [2.24, 2.45) is 5.41 Å². The zero-order valence-electron chi connectivity index (χ0n) is 22.2. The number of hydrogen-bond donors (Lipinski definition) is 3. The average Bonchev–Trinajstić information content (AvgIpc) is 3.53. The van der Waals surface area contributed by atoms with Gasteiger partial charge in [-0.25, -0.2) is 14.4 Å². The molecule has 0 aromatic carbocycles. The van der Waals surface area contributed by atoms with Crippen LogP contribution in [0, 0.1) is 11.2 Å². The third-order valence-corrected chi connectivity index (χ3v) is 6.82. The summed E-state index contributed by atoms with van der Waals surface area (Å²) in [5.74, 6) is -0.267. The van der Waals surface area contributed by atoms with Gasteiger partial charge in [-0.2, -0.15) is 5.10 Å². The molecule has 0 aliphatic carbocycles. The summed E-state index contributed by atoms with van der Waals surface area (Å²) in [7, 11) is 0. The van der Waals surface area contributed by atoms with Crippen LogP contribution in [-0.4, -0.2) is 54.1 Å². The minimum absolute atomic E-state index is 0.104. The van der Waals surface area contributed by atoms with E-state index in [1.54, 1.807) is 12.3 Å². The lowest BCUT2D eigenvalue weighted by Crippen LogP contribution is -2.29. The molecule has 0 atom stereocenters. The number of H-pyrrole nitrogens is 2. The number of halogens is 1. The van der Waals surface area contributed by atoms with E-state index in [-0.39, 0.29) is 22.4 Å². The molecular weight excluding hydrogens is 497 g/mol. The smallest absolute Gasteiger partial charge is 0.224 e. The second kappa shape index (κ2) is 9.72. The highest BCUT2D eigenvalue weighted by Gasteiger charge is 2.23. The second-order valence-corrected chi connectivity index (χ2v) is 11.2. The number of nitrogens with one attached hydrogen (secondary N) is 3. The van der Waals surface area contributed by atoms with E-state index < -0.39 is 5.82 Å².